The maximum absolute atomic E-state index is 13.8. The van der Waals surface area contributed by atoms with Gasteiger partial charge in [0.1, 0.15) is 18.2 Å². The highest BCUT2D eigenvalue weighted by atomic mass is 79.9. The molecule has 148 valence electrons. The smallest absolute Gasteiger partial charge is 0.187 e. The molecular formula is C23H18BrClFNO2. The van der Waals surface area contributed by atoms with Gasteiger partial charge in [-0.05, 0) is 67.1 Å². The summed E-state index contributed by atoms with van der Waals surface area (Å²) in [5.74, 6) is -0.0359. The molecule has 0 aromatic heterocycles. The number of ketones is 1. The second-order valence-electron chi connectivity index (χ2n) is 6.32. The SMILES string of the molecule is Cc1cc(NC=CC(=O)c2ccc(OCc3c(F)cccc3Cl)cc2)ccc1Br. The number of anilines is 1. The first-order valence-electron chi connectivity index (χ1n) is 8.83. The number of rotatable bonds is 7. The second-order valence-corrected chi connectivity index (χ2v) is 7.58. The van der Waals surface area contributed by atoms with Crippen LogP contribution in [0, 0.1) is 12.7 Å². The van der Waals surface area contributed by atoms with Gasteiger partial charge in [-0.1, -0.05) is 33.6 Å². The molecule has 0 fully saturated rings. The molecule has 0 heterocycles. The summed E-state index contributed by atoms with van der Waals surface area (Å²) in [7, 11) is 0. The summed E-state index contributed by atoms with van der Waals surface area (Å²) in [6.07, 6.45) is 3.07. The second kappa shape index (κ2) is 9.72. The summed E-state index contributed by atoms with van der Waals surface area (Å²) in [4.78, 5) is 12.3. The van der Waals surface area contributed by atoms with E-state index in [1.165, 1.54) is 12.1 Å². The molecule has 0 aliphatic rings. The van der Waals surface area contributed by atoms with Gasteiger partial charge in [-0.3, -0.25) is 4.79 Å². The Morgan fingerprint density at radius 1 is 1.17 bits per heavy atom. The number of halogens is 3. The van der Waals surface area contributed by atoms with Crippen molar-refractivity contribution in [2.24, 2.45) is 0 Å². The number of hydrogen-bond acceptors (Lipinski definition) is 3. The van der Waals surface area contributed by atoms with Crippen molar-refractivity contribution in [2.75, 3.05) is 5.32 Å². The normalized spacial score (nSPS) is 10.9. The molecule has 6 heteroatoms. The van der Waals surface area contributed by atoms with E-state index in [1.54, 1.807) is 42.6 Å². The van der Waals surface area contributed by atoms with Crippen LogP contribution in [0.3, 0.4) is 0 Å². The van der Waals surface area contributed by atoms with Gasteiger partial charge in [0.05, 0.1) is 5.02 Å². The molecule has 0 saturated carbocycles. The highest BCUT2D eigenvalue weighted by Crippen LogP contribution is 2.22. The Labute approximate surface area is 182 Å². The van der Waals surface area contributed by atoms with E-state index in [0.29, 0.717) is 21.9 Å². The molecule has 0 spiro atoms. The zero-order valence-corrected chi connectivity index (χ0v) is 17.9. The van der Waals surface area contributed by atoms with Crippen LogP contribution in [0.1, 0.15) is 21.5 Å². The van der Waals surface area contributed by atoms with E-state index in [4.69, 9.17) is 16.3 Å². The van der Waals surface area contributed by atoms with E-state index < -0.39 is 5.82 Å². The lowest BCUT2D eigenvalue weighted by Crippen LogP contribution is -2.00. The molecule has 0 saturated heterocycles. The van der Waals surface area contributed by atoms with Crippen LogP contribution in [0.2, 0.25) is 5.02 Å². The monoisotopic (exact) mass is 473 g/mol. The largest absolute Gasteiger partial charge is 0.489 e. The van der Waals surface area contributed by atoms with Crippen LogP contribution in [0.5, 0.6) is 5.75 Å². The van der Waals surface area contributed by atoms with Gasteiger partial charge in [-0.2, -0.15) is 0 Å². The van der Waals surface area contributed by atoms with Crippen molar-refractivity contribution in [3.05, 3.63) is 105 Å². The Hall–Kier alpha value is -2.63. The van der Waals surface area contributed by atoms with Crippen molar-refractivity contribution in [2.45, 2.75) is 13.5 Å². The average molecular weight is 475 g/mol. The van der Waals surface area contributed by atoms with Crippen molar-refractivity contribution >= 4 is 39.0 Å². The number of hydrogen-bond donors (Lipinski definition) is 1. The van der Waals surface area contributed by atoms with Crippen LogP contribution in [-0.4, -0.2) is 5.78 Å². The first kappa shape index (κ1) is 21.1. The first-order valence-corrected chi connectivity index (χ1v) is 10.0. The molecule has 0 unspecified atom stereocenters. The molecule has 3 aromatic rings. The average Bonchev–Trinajstić information content (AvgIpc) is 2.70. The van der Waals surface area contributed by atoms with E-state index in [1.807, 2.05) is 25.1 Å². The number of allylic oxidation sites excluding steroid dienone is 1. The Bertz CT molecular complexity index is 1030. The molecule has 0 bridgehead atoms. The molecule has 0 aliphatic carbocycles. The zero-order chi connectivity index (χ0) is 20.8. The van der Waals surface area contributed by atoms with Gasteiger partial charge >= 0.3 is 0 Å². The molecule has 1 N–H and O–H groups in total. The number of aryl methyl sites for hydroxylation is 1. The van der Waals surface area contributed by atoms with E-state index >= 15 is 0 Å². The topological polar surface area (TPSA) is 38.3 Å². The van der Waals surface area contributed by atoms with Gasteiger partial charge in [0.15, 0.2) is 5.78 Å². The predicted molar refractivity (Wildman–Crippen MR) is 118 cm³/mol. The molecule has 0 atom stereocenters. The minimum absolute atomic E-state index is 0.00916. The van der Waals surface area contributed by atoms with Crippen LogP contribution < -0.4 is 10.1 Å². The summed E-state index contributed by atoms with van der Waals surface area (Å²) in [5, 5.41) is 3.39. The molecule has 3 aromatic carbocycles. The summed E-state index contributed by atoms with van der Waals surface area (Å²) in [6.45, 7) is 2.00. The summed E-state index contributed by atoms with van der Waals surface area (Å²) < 4.78 is 20.4. The first-order chi connectivity index (χ1) is 13.9. The highest BCUT2D eigenvalue weighted by Gasteiger charge is 2.08. The van der Waals surface area contributed by atoms with Crippen LogP contribution in [0.4, 0.5) is 10.1 Å². The fraction of sp³-hybridized carbons (Fsp3) is 0.0870. The quantitative estimate of drug-likeness (QED) is 0.298. The third kappa shape index (κ3) is 5.68. The van der Waals surface area contributed by atoms with Crippen molar-refractivity contribution in [1.82, 2.24) is 0 Å². The van der Waals surface area contributed by atoms with Gasteiger partial charge in [0.25, 0.3) is 0 Å². The van der Waals surface area contributed by atoms with E-state index in [0.717, 1.165) is 15.7 Å². The van der Waals surface area contributed by atoms with Crippen LogP contribution >= 0.6 is 27.5 Å². The third-order valence-corrected chi connectivity index (χ3v) is 5.47. The molecule has 3 nitrogen and oxygen atoms in total. The maximum atomic E-state index is 13.8. The third-order valence-electron chi connectivity index (χ3n) is 4.23. The van der Waals surface area contributed by atoms with Gasteiger partial charge in [-0.25, -0.2) is 4.39 Å². The van der Waals surface area contributed by atoms with Crippen molar-refractivity contribution in [3.8, 4) is 5.75 Å². The molecule has 0 radical (unpaired) electrons. The van der Waals surface area contributed by atoms with Gasteiger partial charge in [0.2, 0.25) is 0 Å². The Morgan fingerprint density at radius 3 is 2.62 bits per heavy atom. The molecule has 29 heavy (non-hydrogen) atoms. The fourth-order valence-corrected chi connectivity index (χ4v) is 3.05. The van der Waals surface area contributed by atoms with E-state index in [-0.39, 0.29) is 12.4 Å². The van der Waals surface area contributed by atoms with E-state index in [2.05, 4.69) is 21.2 Å². The lowest BCUT2D eigenvalue weighted by molar-refractivity contribution is 0.104. The Morgan fingerprint density at radius 2 is 1.93 bits per heavy atom. The predicted octanol–water partition coefficient (Wildman–Crippen LogP) is 6.94. The van der Waals surface area contributed by atoms with Crippen molar-refractivity contribution in [1.29, 1.82) is 0 Å². The highest BCUT2D eigenvalue weighted by molar-refractivity contribution is 9.10. The number of benzene rings is 3. The molecule has 0 amide bonds. The lowest BCUT2D eigenvalue weighted by atomic mass is 10.1. The van der Waals surface area contributed by atoms with Crippen LogP contribution in [0.25, 0.3) is 0 Å². The number of carbonyl (C=O) groups excluding carboxylic acids is 1. The van der Waals surface area contributed by atoms with Crippen LogP contribution in [-0.2, 0) is 6.61 Å². The minimum atomic E-state index is -0.414. The summed E-state index contributed by atoms with van der Waals surface area (Å²) in [5.41, 5.74) is 2.81. The lowest BCUT2D eigenvalue weighted by Gasteiger charge is -2.09. The number of nitrogens with one attached hydrogen (secondary N) is 1. The number of ether oxygens (including phenoxy) is 1. The van der Waals surface area contributed by atoms with Crippen molar-refractivity contribution < 1.29 is 13.9 Å². The van der Waals surface area contributed by atoms with E-state index in [9.17, 15) is 9.18 Å². The minimum Gasteiger partial charge on any atom is -0.489 e. The van der Waals surface area contributed by atoms with Gasteiger partial charge < -0.3 is 10.1 Å². The molecular weight excluding hydrogens is 457 g/mol. The zero-order valence-electron chi connectivity index (χ0n) is 15.6. The standard InChI is InChI=1S/C23H18BrClFNO2/c1-15-13-17(7-10-20(15)24)27-12-11-23(28)16-5-8-18(9-6-16)29-14-19-21(25)3-2-4-22(19)26/h2-13,27H,14H2,1H3. The molecule has 0 aliphatic heterocycles. The van der Waals surface area contributed by atoms with Gasteiger partial charge in [0, 0.05) is 33.6 Å². The summed E-state index contributed by atoms with van der Waals surface area (Å²) in [6, 6.07) is 17.0. The van der Waals surface area contributed by atoms with Gasteiger partial charge in [-0.15, -0.1) is 0 Å². The fourth-order valence-electron chi connectivity index (χ4n) is 2.59. The Balaban J connectivity index is 1.57. The van der Waals surface area contributed by atoms with Crippen molar-refractivity contribution in [3.63, 3.8) is 0 Å². The maximum Gasteiger partial charge on any atom is 0.187 e. The molecule has 3 rings (SSSR count). The summed E-state index contributed by atoms with van der Waals surface area (Å²) >= 11 is 9.44. The Kier molecular flexibility index (Phi) is 7.07. The number of carbonyl (C=O) groups is 1. The van der Waals surface area contributed by atoms with Crippen LogP contribution in [0.15, 0.2) is 77.4 Å².